The summed E-state index contributed by atoms with van der Waals surface area (Å²) in [5.41, 5.74) is 1.32. The van der Waals surface area contributed by atoms with Crippen molar-refractivity contribution in [1.82, 2.24) is 0 Å². The second kappa shape index (κ2) is 5.64. The van der Waals surface area contributed by atoms with Crippen LogP contribution in [0.1, 0.15) is 11.1 Å². The highest BCUT2D eigenvalue weighted by Gasteiger charge is 2.11. The third-order valence-corrected chi connectivity index (χ3v) is 2.91. The van der Waals surface area contributed by atoms with Crippen molar-refractivity contribution in [2.24, 2.45) is 0 Å². The molecule has 0 aliphatic rings. The number of nitro groups is 1. The average Bonchev–Trinajstić information content (AvgIpc) is 2.40. The monoisotopic (exact) mass is 278 g/mol. The van der Waals surface area contributed by atoms with Gasteiger partial charge in [-0.05, 0) is 25.1 Å². The molecule has 0 saturated heterocycles. The van der Waals surface area contributed by atoms with Crippen LogP contribution in [0.4, 0.5) is 20.2 Å². The molecule has 0 saturated carbocycles. The molecule has 0 atom stereocenters. The number of nitrogens with one attached hydrogen (secondary N) is 1. The van der Waals surface area contributed by atoms with E-state index in [9.17, 15) is 18.9 Å². The number of hydrogen-bond acceptors (Lipinski definition) is 3. The van der Waals surface area contributed by atoms with Crippen LogP contribution in [0.3, 0.4) is 0 Å². The van der Waals surface area contributed by atoms with Gasteiger partial charge in [-0.3, -0.25) is 10.1 Å². The van der Waals surface area contributed by atoms with Crippen molar-refractivity contribution in [3.05, 3.63) is 69.3 Å². The second-order valence-electron chi connectivity index (χ2n) is 4.32. The zero-order valence-corrected chi connectivity index (χ0v) is 10.7. The molecule has 20 heavy (non-hydrogen) atoms. The van der Waals surface area contributed by atoms with Gasteiger partial charge in [-0.2, -0.15) is 0 Å². The van der Waals surface area contributed by atoms with Gasteiger partial charge in [0.1, 0.15) is 0 Å². The first-order valence-corrected chi connectivity index (χ1v) is 5.91. The van der Waals surface area contributed by atoms with E-state index in [1.807, 2.05) is 0 Å². The molecule has 0 fully saturated rings. The molecule has 6 heteroatoms. The number of anilines is 1. The zero-order chi connectivity index (χ0) is 14.7. The van der Waals surface area contributed by atoms with Gasteiger partial charge >= 0.3 is 0 Å². The van der Waals surface area contributed by atoms with Crippen molar-refractivity contribution in [3.8, 4) is 0 Å². The van der Waals surface area contributed by atoms with Gasteiger partial charge in [0.15, 0.2) is 11.6 Å². The van der Waals surface area contributed by atoms with E-state index in [0.29, 0.717) is 11.3 Å². The van der Waals surface area contributed by atoms with Gasteiger partial charge < -0.3 is 5.32 Å². The Morgan fingerprint density at radius 2 is 2.00 bits per heavy atom. The second-order valence-corrected chi connectivity index (χ2v) is 4.32. The molecule has 104 valence electrons. The van der Waals surface area contributed by atoms with E-state index in [0.717, 1.165) is 6.07 Å². The molecule has 0 radical (unpaired) electrons. The predicted octanol–water partition coefficient (Wildman–Crippen LogP) is 3.79. The highest BCUT2D eigenvalue weighted by molar-refractivity contribution is 5.53. The summed E-state index contributed by atoms with van der Waals surface area (Å²) in [6.45, 7) is 1.72. The van der Waals surface area contributed by atoms with Crippen molar-refractivity contribution < 1.29 is 13.7 Å². The molecule has 0 amide bonds. The van der Waals surface area contributed by atoms with E-state index in [-0.39, 0.29) is 17.8 Å². The number of aryl methyl sites for hydroxylation is 1. The number of nitrogens with zero attached hydrogens (tertiary/aromatic N) is 1. The summed E-state index contributed by atoms with van der Waals surface area (Å²) in [5.74, 6) is -1.79. The Hall–Kier alpha value is -2.50. The van der Waals surface area contributed by atoms with Gasteiger partial charge in [-0.15, -0.1) is 0 Å². The molecule has 0 spiro atoms. The summed E-state index contributed by atoms with van der Waals surface area (Å²) in [7, 11) is 0. The normalized spacial score (nSPS) is 10.3. The van der Waals surface area contributed by atoms with Crippen LogP contribution < -0.4 is 5.32 Å². The first-order valence-electron chi connectivity index (χ1n) is 5.91. The molecule has 2 aromatic rings. The maximum atomic E-state index is 13.4. The fraction of sp³-hybridized carbons (Fsp3) is 0.143. The molecule has 0 bridgehead atoms. The van der Waals surface area contributed by atoms with E-state index < -0.39 is 16.6 Å². The van der Waals surface area contributed by atoms with Crippen LogP contribution in [-0.2, 0) is 6.54 Å². The summed E-state index contributed by atoms with van der Waals surface area (Å²) in [4.78, 5) is 10.2. The topological polar surface area (TPSA) is 55.2 Å². The lowest BCUT2D eigenvalue weighted by molar-refractivity contribution is -0.385. The Morgan fingerprint density at radius 1 is 1.25 bits per heavy atom. The lowest BCUT2D eigenvalue weighted by Gasteiger charge is -2.08. The smallest absolute Gasteiger partial charge is 0.272 e. The maximum absolute atomic E-state index is 13.4. The molecule has 0 unspecified atom stereocenters. The minimum atomic E-state index is -0.899. The molecule has 0 aliphatic carbocycles. The molecule has 0 heterocycles. The standard InChI is InChI=1S/C14H12F2N2O2/c1-9-7-11(5-6-13(9)18(19)20)17-8-10-3-2-4-12(15)14(10)16/h2-7,17H,8H2,1H3. The summed E-state index contributed by atoms with van der Waals surface area (Å²) in [6.07, 6.45) is 0. The minimum Gasteiger partial charge on any atom is -0.381 e. The van der Waals surface area contributed by atoms with Crippen LogP contribution in [0.5, 0.6) is 0 Å². The lowest BCUT2D eigenvalue weighted by atomic mass is 10.1. The SMILES string of the molecule is Cc1cc(NCc2cccc(F)c2F)ccc1[N+](=O)[O-]. The zero-order valence-electron chi connectivity index (χ0n) is 10.7. The molecule has 2 rings (SSSR count). The first kappa shape index (κ1) is 13.9. The minimum absolute atomic E-state index is 0.0208. The van der Waals surface area contributed by atoms with Crippen LogP contribution in [-0.4, -0.2) is 4.92 Å². The number of hydrogen-bond donors (Lipinski definition) is 1. The number of nitro benzene ring substituents is 1. The molecule has 4 nitrogen and oxygen atoms in total. The van der Waals surface area contributed by atoms with Crippen molar-refractivity contribution in [2.45, 2.75) is 13.5 Å². The Morgan fingerprint density at radius 3 is 2.65 bits per heavy atom. The Balaban J connectivity index is 2.13. The largest absolute Gasteiger partial charge is 0.381 e. The fourth-order valence-electron chi connectivity index (χ4n) is 1.85. The van der Waals surface area contributed by atoms with Gasteiger partial charge in [-0.25, -0.2) is 8.78 Å². The molecule has 0 aliphatic heterocycles. The van der Waals surface area contributed by atoms with Crippen molar-refractivity contribution in [2.75, 3.05) is 5.32 Å². The Kier molecular flexibility index (Phi) is 3.93. The quantitative estimate of drug-likeness (QED) is 0.683. The van der Waals surface area contributed by atoms with E-state index in [4.69, 9.17) is 0 Å². The van der Waals surface area contributed by atoms with E-state index >= 15 is 0 Å². The fourth-order valence-corrected chi connectivity index (χ4v) is 1.85. The molecule has 0 aromatic heterocycles. The van der Waals surface area contributed by atoms with Crippen LogP contribution in [0.25, 0.3) is 0 Å². The lowest BCUT2D eigenvalue weighted by Crippen LogP contribution is -2.03. The summed E-state index contributed by atoms with van der Waals surface area (Å²) < 4.78 is 26.5. The van der Waals surface area contributed by atoms with Crippen LogP contribution in [0.15, 0.2) is 36.4 Å². The van der Waals surface area contributed by atoms with Gasteiger partial charge in [0.25, 0.3) is 5.69 Å². The van der Waals surface area contributed by atoms with E-state index in [2.05, 4.69) is 5.32 Å². The van der Waals surface area contributed by atoms with Gasteiger partial charge in [0.2, 0.25) is 0 Å². The van der Waals surface area contributed by atoms with Crippen LogP contribution >= 0.6 is 0 Å². The average molecular weight is 278 g/mol. The number of benzene rings is 2. The molecular weight excluding hydrogens is 266 g/mol. The molecule has 2 aromatic carbocycles. The highest BCUT2D eigenvalue weighted by Crippen LogP contribution is 2.22. The third-order valence-electron chi connectivity index (χ3n) is 2.91. The predicted molar refractivity (Wildman–Crippen MR) is 71.5 cm³/mol. The highest BCUT2D eigenvalue weighted by atomic mass is 19.2. The Labute approximate surface area is 114 Å². The summed E-state index contributed by atoms with van der Waals surface area (Å²) in [5, 5.41) is 13.6. The van der Waals surface area contributed by atoms with Gasteiger partial charge in [0, 0.05) is 29.4 Å². The molecular formula is C14H12F2N2O2. The third kappa shape index (κ3) is 2.90. The Bertz CT molecular complexity index is 660. The van der Waals surface area contributed by atoms with Crippen molar-refractivity contribution in [3.63, 3.8) is 0 Å². The number of halogens is 2. The molecule has 1 N–H and O–H groups in total. The first-order chi connectivity index (χ1) is 9.49. The van der Waals surface area contributed by atoms with Crippen LogP contribution in [0, 0.1) is 28.7 Å². The van der Waals surface area contributed by atoms with Gasteiger partial charge in [-0.1, -0.05) is 12.1 Å². The van der Waals surface area contributed by atoms with Crippen LogP contribution in [0.2, 0.25) is 0 Å². The van der Waals surface area contributed by atoms with Gasteiger partial charge in [0.05, 0.1) is 4.92 Å². The summed E-state index contributed by atoms with van der Waals surface area (Å²) >= 11 is 0. The van der Waals surface area contributed by atoms with Crippen molar-refractivity contribution >= 4 is 11.4 Å². The van der Waals surface area contributed by atoms with Crippen molar-refractivity contribution in [1.29, 1.82) is 0 Å². The summed E-state index contributed by atoms with van der Waals surface area (Å²) in [6, 6.07) is 8.45. The number of rotatable bonds is 4. The van der Waals surface area contributed by atoms with E-state index in [1.165, 1.54) is 24.3 Å². The van der Waals surface area contributed by atoms with E-state index in [1.54, 1.807) is 13.0 Å². The maximum Gasteiger partial charge on any atom is 0.272 e.